The number of rotatable bonds is 5. The van der Waals surface area contributed by atoms with Crippen molar-refractivity contribution < 1.29 is 9.21 Å². The molecule has 0 bridgehead atoms. The quantitative estimate of drug-likeness (QED) is 0.669. The van der Waals surface area contributed by atoms with Crippen LogP contribution in [0.3, 0.4) is 0 Å². The van der Waals surface area contributed by atoms with Crippen LogP contribution in [-0.4, -0.2) is 34.9 Å². The van der Waals surface area contributed by atoms with Gasteiger partial charge in [0.15, 0.2) is 5.78 Å². The topological polar surface area (TPSA) is 85.2 Å². The number of nitrogens with zero attached hydrogens (tertiary/aromatic N) is 3. The Morgan fingerprint density at radius 2 is 2.14 bits per heavy atom. The molecule has 29 heavy (non-hydrogen) atoms. The lowest BCUT2D eigenvalue weighted by molar-refractivity contribution is 0.0988. The first-order valence-corrected chi connectivity index (χ1v) is 10.4. The number of pyridine rings is 2. The van der Waals surface area contributed by atoms with Gasteiger partial charge in [0.05, 0.1) is 0 Å². The Morgan fingerprint density at radius 1 is 1.28 bits per heavy atom. The van der Waals surface area contributed by atoms with Crippen LogP contribution in [0.1, 0.15) is 53.9 Å². The fourth-order valence-corrected chi connectivity index (χ4v) is 4.39. The smallest absolute Gasteiger partial charge is 0.226 e. The molecule has 3 aromatic heterocycles. The number of hydrogen-bond donors (Lipinski definition) is 1. The first-order valence-electron chi connectivity index (χ1n) is 10.4. The second-order valence-corrected chi connectivity index (χ2v) is 8.62. The van der Waals surface area contributed by atoms with Crippen molar-refractivity contribution in [2.24, 2.45) is 11.7 Å². The van der Waals surface area contributed by atoms with E-state index in [-0.39, 0.29) is 18.2 Å². The molecule has 2 N–H and O–H groups in total. The molecule has 0 aromatic carbocycles. The van der Waals surface area contributed by atoms with Crippen LogP contribution < -0.4 is 10.6 Å². The molecule has 0 radical (unpaired) electrons. The van der Waals surface area contributed by atoms with Gasteiger partial charge < -0.3 is 15.1 Å². The molecule has 2 fully saturated rings. The molecule has 4 heterocycles. The maximum absolute atomic E-state index is 13.0. The summed E-state index contributed by atoms with van der Waals surface area (Å²) >= 11 is 0. The van der Waals surface area contributed by atoms with Crippen LogP contribution >= 0.6 is 0 Å². The Hall–Kier alpha value is -2.73. The number of anilines is 1. The van der Waals surface area contributed by atoms with Gasteiger partial charge in [-0.25, -0.2) is 4.98 Å². The molecule has 1 saturated carbocycles. The van der Waals surface area contributed by atoms with Crippen molar-refractivity contribution in [1.82, 2.24) is 9.97 Å². The minimum atomic E-state index is -0.0279. The van der Waals surface area contributed by atoms with E-state index in [0.717, 1.165) is 41.9 Å². The molecule has 0 unspecified atom stereocenters. The fourth-order valence-electron chi connectivity index (χ4n) is 4.39. The van der Waals surface area contributed by atoms with Gasteiger partial charge in [-0.05, 0) is 49.4 Å². The SMILES string of the molecule is C[C@@H]1C[C@H](N)CN(c2ccncc2CC(=O)c2ccc3cc(C4CC4)oc3n2)C1. The maximum atomic E-state index is 13.0. The Bertz CT molecular complexity index is 1050. The number of fused-ring (bicyclic) bond motifs is 1. The first kappa shape index (κ1) is 18.3. The summed E-state index contributed by atoms with van der Waals surface area (Å²) in [5.41, 5.74) is 9.19. The van der Waals surface area contributed by atoms with E-state index in [4.69, 9.17) is 10.2 Å². The van der Waals surface area contributed by atoms with Gasteiger partial charge in [0, 0.05) is 60.5 Å². The maximum Gasteiger partial charge on any atom is 0.226 e. The number of ketones is 1. The lowest BCUT2D eigenvalue weighted by Gasteiger charge is -2.37. The van der Waals surface area contributed by atoms with E-state index < -0.39 is 0 Å². The number of Topliss-reactive ketones (excluding diaryl/α,β-unsaturated/α-hetero) is 1. The second-order valence-electron chi connectivity index (χ2n) is 8.62. The van der Waals surface area contributed by atoms with E-state index in [9.17, 15) is 4.79 Å². The highest BCUT2D eigenvalue weighted by molar-refractivity contribution is 5.98. The zero-order valence-electron chi connectivity index (χ0n) is 16.7. The molecule has 2 aliphatic rings. The Labute approximate surface area is 170 Å². The third-order valence-electron chi connectivity index (χ3n) is 5.93. The predicted octanol–water partition coefficient (Wildman–Crippen LogP) is 3.70. The van der Waals surface area contributed by atoms with Crippen LogP contribution in [0.25, 0.3) is 11.1 Å². The van der Waals surface area contributed by atoms with E-state index in [1.807, 2.05) is 18.2 Å². The number of carbonyl (C=O) groups excluding carboxylic acids is 1. The van der Waals surface area contributed by atoms with Crippen molar-refractivity contribution in [1.29, 1.82) is 0 Å². The van der Waals surface area contributed by atoms with Gasteiger partial charge in [0.2, 0.25) is 5.71 Å². The Balaban J connectivity index is 1.39. The third-order valence-corrected chi connectivity index (χ3v) is 5.93. The van der Waals surface area contributed by atoms with Crippen LogP contribution in [0.2, 0.25) is 0 Å². The van der Waals surface area contributed by atoms with E-state index in [2.05, 4.69) is 21.8 Å². The van der Waals surface area contributed by atoms with E-state index in [1.165, 1.54) is 12.8 Å². The Kier molecular flexibility index (Phi) is 4.59. The number of aromatic nitrogens is 2. The highest BCUT2D eigenvalue weighted by Crippen LogP contribution is 2.42. The van der Waals surface area contributed by atoms with Crippen LogP contribution in [0.5, 0.6) is 0 Å². The monoisotopic (exact) mass is 390 g/mol. The van der Waals surface area contributed by atoms with Crippen molar-refractivity contribution in [2.75, 3.05) is 18.0 Å². The first-order chi connectivity index (χ1) is 14.1. The lowest BCUT2D eigenvalue weighted by Crippen LogP contribution is -2.46. The van der Waals surface area contributed by atoms with Crippen molar-refractivity contribution in [2.45, 2.75) is 44.6 Å². The predicted molar refractivity (Wildman–Crippen MR) is 112 cm³/mol. The van der Waals surface area contributed by atoms with Gasteiger partial charge >= 0.3 is 0 Å². The normalized spacial score (nSPS) is 22.2. The molecule has 1 aliphatic carbocycles. The minimum Gasteiger partial charge on any atom is -0.442 e. The second kappa shape index (κ2) is 7.26. The third kappa shape index (κ3) is 3.77. The van der Waals surface area contributed by atoms with Gasteiger partial charge in [-0.1, -0.05) is 6.92 Å². The summed E-state index contributed by atoms with van der Waals surface area (Å²) in [5, 5.41) is 0.960. The zero-order chi connectivity index (χ0) is 20.0. The average molecular weight is 390 g/mol. The summed E-state index contributed by atoms with van der Waals surface area (Å²) in [5.74, 6) is 2.01. The molecule has 6 heteroatoms. The summed E-state index contributed by atoms with van der Waals surface area (Å²) in [7, 11) is 0. The van der Waals surface area contributed by atoms with Crippen molar-refractivity contribution in [3.8, 4) is 0 Å². The van der Waals surface area contributed by atoms with Crippen LogP contribution in [0.15, 0.2) is 41.1 Å². The molecule has 0 amide bonds. The highest BCUT2D eigenvalue weighted by atomic mass is 16.3. The zero-order valence-corrected chi connectivity index (χ0v) is 16.7. The number of nitrogens with two attached hydrogens (primary N) is 1. The number of piperidine rings is 1. The van der Waals surface area contributed by atoms with Gasteiger partial charge in [0.1, 0.15) is 11.5 Å². The van der Waals surface area contributed by atoms with E-state index in [0.29, 0.717) is 23.2 Å². The molecule has 5 rings (SSSR count). The minimum absolute atomic E-state index is 0.0279. The summed E-state index contributed by atoms with van der Waals surface area (Å²) in [6, 6.07) is 7.91. The molecule has 150 valence electrons. The molecular formula is C23H26N4O2. The van der Waals surface area contributed by atoms with E-state index >= 15 is 0 Å². The molecule has 1 saturated heterocycles. The number of carbonyl (C=O) groups is 1. The summed E-state index contributed by atoms with van der Waals surface area (Å²) < 4.78 is 5.88. The summed E-state index contributed by atoms with van der Waals surface area (Å²) in [6.45, 7) is 3.96. The van der Waals surface area contributed by atoms with Gasteiger partial charge in [-0.15, -0.1) is 0 Å². The van der Waals surface area contributed by atoms with Gasteiger partial charge in [-0.2, -0.15) is 0 Å². The number of furan rings is 1. The summed E-state index contributed by atoms with van der Waals surface area (Å²) in [6.07, 6.45) is 7.21. The largest absolute Gasteiger partial charge is 0.442 e. The lowest BCUT2D eigenvalue weighted by atomic mass is 9.95. The Morgan fingerprint density at radius 3 is 2.93 bits per heavy atom. The van der Waals surface area contributed by atoms with Gasteiger partial charge in [0.25, 0.3) is 0 Å². The van der Waals surface area contributed by atoms with Crippen LogP contribution in [0, 0.1) is 5.92 Å². The van der Waals surface area contributed by atoms with Gasteiger partial charge in [-0.3, -0.25) is 9.78 Å². The summed E-state index contributed by atoms with van der Waals surface area (Å²) in [4.78, 5) is 24.0. The highest BCUT2D eigenvalue weighted by Gasteiger charge is 2.28. The molecule has 0 spiro atoms. The molecule has 1 aliphatic heterocycles. The molecule has 3 aromatic rings. The van der Waals surface area contributed by atoms with Crippen LogP contribution in [0.4, 0.5) is 5.69 Å². The molecule has 6 nitrogen and oxygen atoms in total. The van der Waals surface area contributed by atoms with Crippen LogP contribution in [-0.2, 0) is 6.42 Å². The standard InChI is InChI=1S/C23H26N4O2/c1-14-8-18(24)13-27(12-14)20-6-7-25-11-17(20)9-21(28)19-5-4-16-10-22(15-2-3-15)29-23(16)26-19/h4-7,10-11,14-15,18H,2-3,8-9,12-13,24H2,1H3/t14-,18+/m1/s1. The average Bonchev–Trinajstić information content (AvgIpc) is 3.46. The van der Waals surface area contributed by atoms with Crippen molar-refractivity contribution in [3.05, 3.63) is 53.7 Å². The molecule has 2 atom stereocenters. The number of hydrogen-bond acceptors (Lipinski definition) is 6. The fraction of sp³-hybridized carbons (Fsp3) is 0.435. The molecular weight excluding hydrogens is 364 g/mol. The van der Waals surface area contributed by atoms with Crippen molar-refractivity contribution in [3.63, 3.8) is 0 Å². The van der Waals surface area contributed by atoms with Crippen molar-refractivity contribution >= 4 is 22.6 Å². The van der Waals surface area contributed by atoms with E-state index in [1.54, 1.807) is 18.5 Å².